The Bertz CT molecular complexity index is 271. The van der Waals surface area contributed by atoms with Crippen LogP contribution in [0, 0.1) is 0 Å². The van der Waals surface area contributed by atoms with Crippen LogP contribution < -0.4 is 10.5 Å². The van der Waals surface area contributed by atoms with Gasteiger partial charge in [-0.3, -0.25) is 0 Å². The number of fused-ring (bicyclic) bond motifs is 1. The van der Waals surface area contributed by atoms with Crippen molar-refractivity contribution in [1.82, 2.24) is 0 Å². The molecule has 0 aliphatic carbocycles. The van der Waals surface area contributed by atoms with Gasteiger partial charge in [-0.25, -0.2) is 0 Å². The minimum atomic E-state index is 0.618. The Kier molecular flexibility index (Phi) is 3.77. The molecule has 1 aromatic rings. The van der Waals surface area contributed by atoms with Gasteiger partial charge in [-0.05, 0) is 17.2 Å². The van der Waals surface area contributed by atoms with E-state index in [2.05, 4.69) is 6.07 Å². The quantitative estimate of drug-likeness (QED) is 0.716. The highest BCUT2D eigenvalue weighted by Crippen LogP contribution is 2.25. The molecule has 0 unspecified atom stereocenters. The molecular formula is C11H17NO. The highest BCUT2D eigenvalue weighted by molar-refractivity contribution is 5.39. The molecule has 2 heteroatoms. The zero-order valence-corrected chi connectivity index (χ0v) is 8.34. The highest BCUT2D eigenvalue weighted by Gasteiger charge is 2.10. The van der Waals surface area contributed by atoms with Gasteiger partial charge in [0.15, 0.2) is 0 Å². The van der Waals surface area contributed by atoms with Crippen molar-refractivity contribution in [1.29, 1.82) is 0 Å². The van der Waals surface area contributed by atoms with E-state index in [0.717, 1.165) is 18.8 Å². The average molecular weight is 179 g/mol. The first-order chi connectivity index (χ1) is 6.40. The van der Waals surface area contributed by atoms with Crippen LogP contribution in [-0.2, 0) is 13.0 Å². The Morgan fingerprint density at radius 3 is 2.85 bits per heavy atom. The van der Waals surface area contributed by atoms with Gasteiger partial charge in [-0.2, -0.15) is 0 Å². The van der Waals surface area contributed by atoms with E-state index in [0.29, 0.717) is 6.54 Å². The summed E-state index contributed by atoms with van der Waals surface area (Å²) in [6.45, 7) is 5.44. The van der Waals surface area contributed by atoms with E-state index in [-0.39, 0.29) is 0 Å². The van der Waals surface area contributed by atoms with Crippen LogP contribution in [0.5, 0.6) is 5.75 Å². The molecule has 2 nitrogen and oxygen atoms in total. The molecule has 1 heterocycles. The van der Waals surface area contributed by atoms with Crippen molar-refractivity contribution in [3.8, 4) is 5.75 Å². The van der Waals surface area contributed by atoms with Crippen molar-refractivity contribution in [2.45, 2.75) is 26.8 Å². The van der Waals surface area contributed by atoms with Gasteiger partial charge in [0.25, 0.3) is 0 Å². The third kappa shape index (κ3) is 2.22. The van der Waals surface area contributed by atoms with Crippen molar-refractivity contribution >= 4 is 0 Å². The second-order valence-corrected chi connectivity index (χ2v) is 2.74. The van der Waals surface area contributed by atoms with Crippen molar-refractivity contribution in [2.75, 3.05) is 6.61 Å². The molecule has 0 radical (unpaired) electrons. The summed E-state index contributed by atoms with van der Waals surface area (Å²) in [5.74, 6) is 1.03. The lowest BCUT2D eigenvalue weighted by Gasteiger charge is -2.00. The second-order valence-electron chi connectivity index (χ2n) is 2.74. The maximum absolute atomic E-state index is 5.50. The number of rotatable bonds is 1. The summed E-state index contributed by atoms with van der Waals surface area (Å²) in [6, 6.07) is 6.15. The first-order valence-corrected chi connectivity index (χ1v) is 4.85. The van der Waals surface area contributed by atoms with Gasteiger partial charge in [0.1, 0.15) is 5.75 Å². The molecular weight excluding hydrogens is 162 g/mol. The van der Waals surface area contributed by atoms with Crippen LogP contribution in [0.3, 0.4) is 0 Å². The molecule has 1 aliphatic rings. The van der Waals surface area contributed by atoms with Crippen LogP contribution in [0.1, 0.15) is 25.0 Å². The largest absolute Gasteiger partial charge is 0.493 e. The monoisotopic (exact) mass is 179 g/mol. The Balaban J connectivity index is 0.000000396. The minimum absolute atomic E-state index is 0.618. The standard InChI is InChI=1S/C9H11NO.C2H6/c10-6-7-1-2-9-8(5-7)3-4-11-9;1-2/h1-2,5H,3-4,6,10H2;1-2H3. The topological polar surface area (TPSA) is 35.2 Å². The second kappa shape index (κ2) is 4.87. The van der Waals surface area contributed by atoms with Crippen LogP contribution in [0.2, 0.25) is 0 Å². The van der Waals surface area contributed by atoms with Gasteiger partial charge >= 0.3 is 0 Å². The molecule has 0 spiro atoms. The zero-order valence-electron chi connectivity index (χ0n) is 8.34. The molecule has 2 rings (SSSR count). The van der Waals surface area contributed by atoms with Crippen LogP contribution >= 0.6 is 0 Å². The molecule has 13 heavy (non-hydrogen) atoms. The van der Waals surface area contributed by atoms with Gasteiger partial charge in [-0.15, -0.1) is 0 Å². The average Bonchev–Trinajstić information content (AvgIpc) is 2.67. The lowest BCUT2D eigenvalue weighted by atomic mass is 10.1. The Morgan fingerprint density at radius 1 is 1.38 bits per heavy atom. The summed E-state index contributed by atoms with van der Waals surface area (Å²) >= 11 is 0. The zero-order chi connectivity index (χ0) is 9.68. The maximum atomic E-state index is 5.50. The Labute approximate surface area is 79.7 Å². The first kappa shape index (κ1) is 10.1. The number of ether oxygens (including phenoxy) is 1. The van der Waals surface area contributed by atoms with Crippen LogP contribution in [0.4, 0.5) is 0 Å². The van der Waals surface area contributed by atoms with Gasteiger partial charge in [0.2, 0.25) is 0 Å². The molecule has 0 bridgehead atoms. The predicted octanol–water partition coefficient (Wildman–Crippen LogP) is 2.11. The molecule has 1 aliphatic heterocycles. The van der Waals surface area contributed by atoms with Gasteiger partial charge in [-0.1, -0.05) is 26.0 Å². The number of benzene rings is 1. The molecule has 0 saturated carbocycles. The summed E-state index contributed by atoms with van der Waals surface area (Å²) in [6.07, 6.45) is 1.03. The van der Waals surface area contributed by atoms with Gasteiger partial charge < -0.3 is 10.5 Å². The van der Waals surface area contributed by atoms with Crippen LogP contribution in [-0.4, -0.2) is 6.61 Å². The molecule has 0 fully saturated rings. The fourth-order valence-corrected chi connectivity index (χ4v) is 1.37. The van der Waals surface area contributed by atoms with Crippen molar-refractivity contribution in [3.63, 3.8) is 0 Å². The number of hydrogen-bond acceptors (Lipinski definition) is 2. The van der Waals surface area contributed by atoms with Gasteiger partial charge in [0, 0.05) is 13.0 Å². The normalized spacial score (nSPS) is 12.5. The number of hydrogen-bond donors (Lipinski definition) is 1. The lowest BCUT2D eigenvalue weighted by molar-refractivity contribution is 0.357. The highest BCUT2D eigenvalue weighted by atomic mass is 16.5. The van der Waals surface area contributed by atoms with Crippen LogP contribution in [0.15, 0.2) is 18.2 Å². The van der Waals surface area contributed by atoms with E-state index in [9.17, 15) is 0 Å². The lowest BCUT2D eigenvalue weighted by Crippen LogP contribution is -1.95. The molecule has 2 N–H and O–H groups in total. The van der Waals surface area contributed by atoms with E-state index >= 15 is 0 Å². The van der Waals surface area contributed by atoms with E-state index in [1.165, 1.54) is 11.1 Å². The molecule has 1 aromatic carbocycles. The van der Waals surface area contributed by atoms with E-state index in [1.807, 2.05) is 26.0 Å². The molecule has 0 aromatic heterocycles. The van der Waals surface area contributed by atoms with E-state index in [4.69, 9.17) is 10.5 Å². The van der Waals surface area contributed by atoms with Crippen molar-refractivity contribution < 1.29 is 4.74 Å². The molecule has 0 saturated heterocycles. The van der Waals surface area contributed by atoms with E-state index < -0.39 is 0 Å². The molecule has 72 valence electrons. The molecule has 0 atom stereocenters. The maximum Gasteiger partial charge on any atom is 0.122 e. The Hall–Kier alpha value is -1.02. The SMILES string of the molecule is CC.NCc1ccc2c(c1)CCO2. The Morgan fingerprint density at radius 2 is 2.15 bits per heavy atom. The number of nitrogens with two attached hydrogens (primary N) is 1. The third-order valence-corrected chi connectivity index (χ3v) is 1.99. The minimum Gasteiger partial charge on any atom is -0.493 e. The summed E-state index contributed by atoms with van der Waals surface area (Å²) in [4.78, 5) is 0. The summed E-state index contributed by atoms with van der Waals surface area (Å²) in [5.41, 5.74) is 7.99. The first-order valence-electron chi connectivity index (χ1n) is 4.85. The predicted molar refractivity (Wildman–Crippen MR) is 54.9 cm³/mol. The van der Waals surface area contributed by atoms with Crippen molar-refractivity contribution in [3.05, 3.63) is 29.3 Å². The fraction of sp³-hybridized carbons (Fsp3) is 0.455. The van der Waals surface area contributed by atoms with Crippen molar-refractivity contribution in [2.24, 2.45) is 5.73 Å². The van der Waals surface area contributed by atoms with Gasteiger partial charge in [0.05, 0.1) is 6.61 Å². The summed E-state index contributed by atoms with van der Waals surface area (Å²) in [5, 5.41) is 0. The van der Waals surface area contributed by atoms with E-state index in [1.54, 1.807) is 0 Å². The molecule has 0 amide bonds. The third-order valence-electron chi connectivity index (χ3n) is 1.99. The summed E-state index contributed by atoms with van der Waals surface area (Å²) < 4.78 is 5.36. The van der Waals surface area contributed by atoms with Crippen LogP contribution in [0.25, 0.3) is 0 Å². The fourth-order valence-electron chi connectivity index (χ4n) is 1.37. The summed E-state index contributed by atoms with van der Waals surface area (Å²) in [7, 11) is 0. The smallest absolute Gasteiger partial charge is 0.122 e.